The van der Waals surface area contributed by atoms with E-state index in [0.29, 0.717) is 29.4 Å². The van der Waals surface area contributed by atoms with Crippen LogP contribution in [0.1, 0.15) is 67.8 Å². The predicted octanol–water partition coefficient (Wildman–Crippen LogP) is 5.35. The first kappa shape index (κ1) is 23.1. The zero-order valence-electron chi connectivity index (χ0n) is 20.1. The minimum absolute atomic E-state index is 0.113. The highest BCUT2D eigenvalue weighted by molar-refractivity contribution is 6.02. The first-order valence-electron chi connectivity index (χ1n) is 11.8. The maximum absolute atomic E-state index is 12.8. The molecular weight excluding hydrogens is 414 g/mol. The third kappa shape index (κ3) is 4.53. The van der Waals surface area contributed by atoms with Crippen molar-refractivity contribution >= 4 is 5.91 Å². The van der Waals surface area contributed by atoms with Crippen LogP contribution in [-0.4, -0.2) is 40.2 Å². The Hall–Kier alpha value is -3.12. The van der Waals surface area contributed by atoms with E-state index in [2.05, 4.69) is 55.2 Å². The van der Waals surface area contributed by atoms with Gasteiger partial charge in [0.2, 0.25) is 5.76 Å². The monoisotopic (exact) mass is 447 g/mol. The molecule has 174 valence electrons. The Morgan fingerprint density at radius 2 is 1.94 bits per heavy atom. The average molecular weight is 448 g/mol. The van der Waals surface area contributed by atoms with Gasteiger partial charge in [-0.1, -0.05) is 43.3 Å². The molecule has 0 unspecified atom stereocenters. The molecule has 2 heterocycles. The zero-order valence-corrected chi connectivity index (χ0v) is 20.1. The van der Waals surface area contributed by atoms with Gasteiger partial charge in [0, 0.05) is 31.2 Å². The van der Waals surface area contributed by atoms with Gasteiger partial charge in [0.15, 0.2) is 0 Å². The van der Waals surface area contributed by atoms with Gasteiger partial charge in [0.1, 0.15) is 11.4 Å². The molecule has 0 spiro atoms. The number of carbonyl (C=O) groups excluding carboxylic acids is 1. The van der Waals surface area contributed by atoms with E-state index in [1.165, 1.54) is 11.1 Å². The van der Waals surface area contributed by atoms with Crippen molar-refractivity contribution in [1.29, 1.82) is 0 Å². The van der Waals surface area contributed by atoms with Crippen molar-refractivity contribution in [2.24, 2.45) is 0 Å². The summed E-state index contributed by atoms with van der Waals surface area (Å²) in [7, 11) is 0. The van der Waals surface area contributed by atoms with Gasteiger partial charge < -0.3 is 14.9 Å². The molecule has 6 nitrogen and oxygen atoms in total. The number of hydrogen-bond acceptors (Lipinski definition) is 5. The number of fused-ring (bicyclic) bond motifs is 1. The number of carbonyl (C=O) groups is 1. The number of rotatable bonds is 6. The molecule has 1 aliphatic heterocycles. The summed E-state index contributed by atoms with van der Waals surface area (Å²) in [5.41, 5.74) is 6.20. The van der Waals surface area contributed by atoms with E-state index in [1.807, 2.05) is 25.1 Å². The van der Waals surface area contributed by atoms with E-state index in [1.54, 1.807) is 6.07 Å². The molecule has 1 aromatic heterocycles. The lowest BCUT2D eigenvalue weighted by Gasteiger charge is -2.32. The minimum atomic E-state index is -0.311. The van der Waals surface area contributed by atoms with Crippen LogP contribution in [0.15, 0.2) is 40.9 Å². The maximum Gasteiger partial charge on any atom is 0.290 e. The number of phenolic OH excluding ortho intramolecular Hbond substituents is 1. The van der Waals surface area contributed by atoms with Gasteiger partial charge in [-0.3, -0.25) is 9.69 Å². The lowest BCUT2D eigenvalue weighted by Crippen LogP contribution is -2.35. The van der Waals surface area contributed by atoms with Crippen LogP contribution in [0.3, 0.4) is 0 Å². The predicted molar refractivity (Wildman–Crippen MR) is 130 cm³/mol. The molecule has 0 atom stereocenters. The van der Waals surface area contributed by atoms with Crippen molar-refractivity contribution in [3.05, 3.63) is 58.8 Å². The van der Waals surface area contributed by atoms with Crippen molar-refractivity contribution < 1.29 is 14.4 Å². The fourth-order valence-electron chi connectivity index (χ4n) is 4.41. The second kappa shape index (κ2) is 9.40. The maximum atomic E-state index is 12.8. The van der Waals surface area contributed by atoms with E-state index in [-0.39, 0.29) is 23.3 Å². The largest absolute Gasteiger partial charge is 0.507 e. The number of nitrogens with zero attached hydrogens (tertiary/aromatic N) is 2. The molecule has 6 heteroatoms. The molecule has 1 amide bonds. The molecule has 0 aliphatic carbocycles. The first-order chi connectivity index (χ1) is 15.8. The molecular formula is C27H33N3O3. The van der Waals surface area contributed by atoms with Crippen LogP contribution in [0.25, 0.3) is 22.4 Å². The van der Waals surface area contributed by atoms with Gasteiger partial charge in [0.25, 0.3) is 5.91 Å². The van der Waals surface area contributed by atoms with Crippen molar-refractivity contribution in [2.45, 2.75) is 59.5 Å². The first-order valence-corrected chi connectivity index (χ1v) is 11.8. The summed E-state index contributed by atoms with van der Waals surface area (Å²) in [6.07, 6.45) is 0.951. The molecule has 1 aliphatic rings. The molecule has 2 aromatic carbocycles. The fraction of sp³-hybridized carbons (Fsp3) is 0.407. The molecule has 4 rings (SSSR count). The summed E-state index contributed by atoms with van der Waals surface area (Å²) < 4.78 is 5.59. The summed E-state index contributed by atoms with van der Waals surface area (Å²) >= 11 is 0. The number of amides is 1. The zero-order chi connectivity index (χ0) is 23.7. The van der Waals surface area contributed by atoms with E-state index >= 15 is 0 Å². The summed E-state index contributed by atoms with van der Waals surface area (Å²) in [6, 6.07) is 12.3. The van der Waals surface area contributed by atoms with Gasteiger partial charge in [0.05, 0.1) is 5.56 Å². The highest BCUT2D eigenvalue weighted by Gasteiger charge is 2.27. The Kier molecular flexibility index (Phi) is 6.56. The fourth-order valence-corrected chi connectivity index (χ4v) is 4.41. The normalized spacial score (nSPS) is 14.0. The summed E-state index contributed by atoms with van der Waals surface area (Å²) in [5, 5.41) is 17.8. The van der Waals surface area contributed by atoms with Crippen LogP contribution in [0, 0.1) is 0 Å². The second-order valence-corrected chi connectivity index (χ2v) is 9.32. The van der Waals surface area contributed by atoms with Crippen LogP contribution in [-0.2, 0) is 13.0 Å². The number of phenols is 1. The van der Waals surface area contributed by atoms with Crippen molar-refractivity contribution in [1.82, 2.24) is 15.4 Å². The molecule has 33 heavy (non-hydrogen) atoms. The molecule has 2 N–H and O–H groups in total. The van der Waals surface area contributed by atoms with Crippen LogP contribution in [0.5, 0.6) is 5.75 Å². The molecule has 0 bridgehead atoms. The number of aromatic hydroxyl groups is 1. The van der Waals surface area contributed by atoms with E-state index in [0.717, 1.165) is 30.6 Å². The van der Waals surface area contributed by atoms with Gasteiger partial charge in [-0.05, 0) is 67.5 Å². The topological polar surface area (TPSA) is 78.6 Å². The van der Waals surface area contributed by atoms with Gasteiger partial charge in [-0.25, -0.2) is 0 Å². The van der Waals surface area contributed by atoms with Crippen LogP contribution in [0.2, 0.25) is 0 Å². The van der Waals surface area contributed by atoms with Crippen LogP contribution in [0.4, 0.5) is 0 Å². The number of aromatic nitrogens is 1. The lowest BCUT2D eigenvalue weighted by atomic mass is 9.91. The molecule has 0 saturated heterocycles. The second-order valence-electron chi connectivity index (χ2n) is 9.32. The highest BCUT2D eigenvalue weighted by Crippen LogP contribution is 2.40. The van der Waals surface area contributed by atoms with Crippen LogP contribution >= 0.6 is 0 Å². The highest BCUT2D eigenvalue weighted by atomic mass is 16.5. The van der Waals surface area contributed by atoms with Crippen molar-refractivity contribution in [3.63, 3.8) is 0 Å². The number of hydrogen-bond donors (Lipinski definition) is 2. The van der Waals surface area contributed by atoms with E-state index < -0.39 is 0 Å². The standard InChI is InChI=1S/C27H33N3O3/c1-6-28-27(32)26-24(20-7-8-21-15-30(17(4)5)12-11-19(21)13-20)25(29-33-26)22-14-18(16(2)3)9-10-23(22)31/h7-10,13-14,16-17,31H,6,11-12,15H2,1-5H3,(H,28,32). The number of nitrogens with one attached hydrogen (secondary N) is 1. The van der Waals surface area contributed by atoms with Crippen molar-refractivity contribution in [2.75, 3.05) is 13.1 Å². The quantitative estimate of drug-likeness (QED) is 0.532. The Balaban J connectivity index is 1.85. The minimum Gasteiger partial charge on any atom is -0.507 e. The third-order valence-corrected chi connectivity index (χ3v) is 6.45. The Morgan fingerprint density at radius 3 is 2.64 bits per heavy atom. The Morgan fingerprint density at radius 1 is 1.15 bits per heavy atom. The van der Waals surface area contributed by atoms with Gasteiger partial charge >= 0.3 is 0 Å². The molecule has 0 fully saturated rings. The Bertz CT molecular complexity index is 1160. The van der Waals surface area contributed by atoms with E-state index in [9.17, 15) is 9.90 Å². The summed E-state index contributed by atoms with van der Waals surface area (Å²) in [6.45, 7) is 12.9. The van der Waals surface area contributed by atoms with Gasteiger partial charge in [-0.15, -0.1) is 0 Å². The smallest absolute Gasteiger partial charge is 0.290 e. The van der Waals surface area contributed by atoms with Crippen molar-refractivity contribution in [3.8, 4) is 28.1 Å². The van der Waals surface area contributed by atoms with Gasteiger partial charge in [-0.2, -0.15) is 0 Å². The lowest BCUT2D eigenvalue weighted by molar-refractivity contribution is 0.0920. The summed E-state index contributed by atoms with van der Waals surface area (Å²) in [5.74, 6) is 0.257. The molecule has 0 radical (unpaired) electrons. The number of benzene rings is 2. The average Bonchev–Trinajstić information content (AvgIpc) is 3.23. The van der Waals surface area contributed by atoms with E-state index in [4.69, 9.17) is 4.52 Å². The molecule has 0 saturated carbocycles. The Labute approximate surface area is 195 Å². The summed E-state index contributed by atoms with van der Waals surface area (Å²) in [4.78, 5) is 15.3. The van der Waals surface area contributed by atoms with Crippen LogP contribution < -0.4 is 5.32 Å². The SMILES string of the molecule is CCNC(=O)c1onc(-c2cc(C(C)C)ccc2O)c1-c1ccc2c(c1)CCN(C(C)C)C2. The molecule has 3 aromatic rings. The third-order valence-electron chi connectivity index (χ3n) is 6.45.